The minimum atomic E-state index is -1.32. The molecule has 2 aromatic carbocycles. The summed E-state index contributed by atoms with van der Waals surface area (Å²) < 4.78 is 30.4. The van der Waals surface area contributed by atoms with E-state index in [9.17, 15) is 24.2 Å². The summed E-state index contributed by atoms with van der Waals surface area (Å²) in [5.74, 6) is -6.95. The molecule has 32 heavy (non-hydrogen) atoms. The maximum absolute atomic E-state index is 15.1. The lowest BCUT2D eigenvalue weighted by molar-refractivity contribution is -0.139. The van der Waals surface area contributed by atoms with Gasteiger partial charge in [-0.2, -0.15) is 0 Å². The number of hydrogen-bond acceptors (Lipinski definition) is 3. The minimum absolute atomic E-state index is 0.00337. The average Bonchev–Trinajstić information content (AvgIpc) is 2.96. The summed E-state index contributed by atoms with van der Waals surface area (Å²) in [7, 11) is 0. The molecule has 3 rings (SSSR count). The second kappa shape index (κ2) is 8.37. The Bertz CT molecular complexity index is 1260. The van der Waals surface area contributed by atoms with Crippen molar-refractivity contribution < 1.29 is 28.6 Å². The van der Waals surface area contributed by atoms with Crippen LogP contribution in [0.4, 0.5) is 8.78 Å². The maximum Gasteiger partial charge on any atom is 0.311 e. The van der Waals surface area contributed by atoms with Gasteiger partial charge in [-0.1, -0.05) is 44.0 Å². The molecule has 1 aromatic heterocycles. The molecule has 3 aromatic rings. The van der Waals surface area contributed by atoms with Crippen LogP contribution in [0.1, 0.15) is 54.7 Å². The average molecular weight is 484 g/mol. The van der Waals surface area contributed by atoms with Crippen molar-refractivity contribution in [2.45, 2.75) is 40.0 Å². The highest BCUT2D eigenvalue weighted by Gasteiger charge is 2.35. The Morgan fingerprint density at radius 2 is 1.75 bits per heavy atom. The lowest BCUT2D eigenvalue weighted by Gasteiger charge is -2.24. The van der Waals surface area contributed by atoms with E-state index in [0.717, 1.165) is 10.6 Å². The Hall–Kier alpha value is -2.64. The Kier molecular flexibility index (Phi) is 6.28. The third-order valence-corrected chi connectivity index (χ3v) is 5.98. The molecule has 0 aliphatic rings. The summed E-state index contributed by atoms with van der Waals surface area (Å²) in [4.78, 5) is 25.5. The Labute approximate surface area is 193 Å². The second-order valence-corrected chi connectivity index (χ2v) is 9.65. The van der Waals surface area contributed by atoms with E-state index in [-0.39, 0.29) is 44.2 Å². The largest absolute Gasteiger partial charge is 0.503 e. The first-order chi connectivity index (χ1) is 14.7. The van der Waals surface area contributed by atoms with Crippen molar-refractivity contribution in [1.29, 1.82) is 0 Å². The third-order valence-electron chi connectivity index (χ3n) is 5.24. The standard InChI is InChI=1S/C23H21Cl2F2NO4/c1-10-17(12(22(31)32)9-23(2,3)4)18-16(8-15(26)20(29)19(18)27)28(10)21(30)11-5-6-13(24)14(25)7-11/h5-8,12,29H,9H2,1-4H3,(H,31,32). The summed E-state index contributed by atoms with van der Waals surface area (Å²) >= 11 is 11.9. The topological polar surface area (TPSA) is 79.5 Å². The van der Waals surface area contributed by atoms with E-state index in [0.29, 0.717) is 0 Å². The van der Waals surface area contributed by atoms with Crippen molar-refractivity contribution >= 4 is 46.0 Å². The van der Waals surface area contributed by atoms with Gasteiger partial charge in [0.1, 0.15) is 0 Å². The van der Waals surface area contributed by atoms with Crippen LogP contribution >= 0.6 is 23.2 Å². The number of hydrogen-bond donors (Lipinski definition) is 2. The Morgan fingerprint density at radius 1 is 1.12 bits per heavy atom. The van der Waals surface area contributed by atoms with Gasteiger partial charge in [-0.3, -0.25) is 14.2 Å². The van der Waals surface area contributed by atoms with E-state index in [1.54, 1.807) is 0 Å². The quantitative estimate of drug-likeness (QED) is 0.441. The molecule has 1 atom stereocenters. The van der Waals surface area contributed by atoms with Gasteiger partial charge in [0.05, 0.1) is 21.5 Å². The van der Waals surface area contributed by atoms with Gasteiger partial charge in [0.25, 0.3) is 5.91 Å². The number of carboxylic acid groups (broad SMARTS) is 1. The predicted molar refractivity (Wildman–Crippen MR) is 119 cm³/mol. The minimum Gasteiger partial charge on any atom is -0.503 e. The van der Waals surface area contributed by atoms with Gasteiger partial charge in [0.15, 0.2) is 17.4 Å². The van der Waals surface area contributed by atoms with E-state index in [1.807, 2.05) is 20.8 Å². The molecule has 1 unspecified atom stereocenters. The number of nitrogens with zero attached hydrogens (tertiary/aromatic N) is 1. The lowest BCUT2D eigenvalue weighted by Crippen LogP contribution is -2.21. The third kappa shape index (κ3) is 4.19. The summed E-state index contributed by atoms with van der Waals surface area (Å²) in [5.41, 5.74) is -0.444. The Balaban J connectivity index is 2.40. The molecular formula is C23H21Cl2F2NO4. The van der Waals surface area contributed by atoms with Gasteiger partial charge in [-0.25, -0.2) is 8.78 Å². The molecule has 0 bridgehead atoms. The summed E-state index contributed by atoms with van der Waals surface area (Å²) in [5, 5.41) is 19.8. The fourth-order valence-corrected chi connectivity index (χ4v) is 4.18. The highest BCUT2D eigenvalue weighted by Crippen LogP contribution is 2.42. The van der Waals surface area contributed by atoms with Crippen LogP contribution in [-0.4, -0.2) is 26.7 Å². The number of aliphatic carboxylic acids is 1. The molecule has 0 saturated carbocycles. The molecule has 9 heteroatoms. The van der Waals surface area contributed by atoms with E-state index in [2.05, 4.69) is 0 Å². The molecule has 2 N–H and O–H groups in total. The number of halogens is 4. The van der Waals surface area contributed by atoms with Crippen molar-refractivity contribution in [3.05, 3.63) is 62.8 Å². The van der Waals surface area contributed by atoms with Crippen LogP contribution in [0, 0.1) is 24.0 Å². The summed E-state index contributed by atoms with van der Waals surface area (Å²) in [6.07, 6.45) is 0.112. The number of aromatic nitrogens is 1. The van der Waals surface area contributed by atoms with Gasteiger partial charge in [-0.15, -0.1) is 0 Å². The van der Waals surface area contributed by atoms with Crippen molar-refractivity contribution in [3.8, 4) is 5.75 Å². The zero-order valence-corrected chi connectivity index (χ0v) is 19.3. The Morgan fingerprint density at radius 3 is 2.28 bits per heavy atom. The first-order valence-electron chi connectivity index (χ1n) is 9.69. The van der Waals surface area contributed by atoms with E-state index in [1.165, 1.54) is 25.1 Å². The first kappa shape index (κ1) is 24.0. The molecule has 5 nitrogen and oxygen atoms in total. The molecule has 0 aliphatic carbocycles. The monoisotopic (exact) mass is 483 g/mol. The number of benzene rings is 2. The van der Waals surface area contributed by atoms with E-state index < -0.39 is 40.6 Å². The number of aromatic hydroxyl groups is 1. The number of fused-ring (bicyclic) bond motifs is 1. The molecule has 170 valence electrons. The number of carbonyl (C=O) groups excluding carboxylic acids is 1. The lowest BCUT2D eigenvalue weighted by atomic mass is 9.80. The van der Waals surface area contributed by atoms with Crippen molar-refractivity contribution in [2.75, 3.05) is 0 Å². The highest BCUT2D eigenvalue weighted by atomic mass is 35.5. The highest BCUT2D eigenvalue weighted by molar-refractivity contribution is 6.42. The van der Waals surface area contributed by atoms with Gasteiger partial charge in [0, 0.05) is 22.7 Å². The summed E-state index contributed by atoms with van der Waals surface area (Å²) in [6, 6.07) is 4.94. The normalized spacial score (nSPS) is 12.9. The zero-order chi connectivity index (χ0) is 24.1. The van der Waals surface area contributed by atoms with Crippen LogP contribution in [0.2, 0.25) is 10.0 Å². The van der Waals surface area contributed by atoms with Crippen molar-refractivity contribution in [3.63, 3.8) is 0 Å². The number of carboxylic acids is 1. The molecule has 0 amide bonds. The maximum atomic E-state index is 15.1. The van der Waals surface area contributed by atoms with Crippen LogP contribution < -0.4 is 0 Å². The van der Waals surface area contributed by atoms with Gasteiger partial charge < -0.3 is 10.2 Å². The van der Waals surface area contributed by atoms with Crippen LogP contribution in [0.5, 0.6) is 5.75 Å². The van der Waals surface area contributed by atoms with Crippen LogP contribution in [-0.2, 0) is 4.79 Å². The molecule has 0 fully saturated rings. The molecule has 0 aliphatic heterocycles. The zero-order valence-electron chi connectivity index (χ0n) is 17.8. The fraction of sp³-hybridized carbons (Fsp3) is 0.304. The predicted octanol–water partition coefficient (Wildman–Crippen LogP) is 6.53. The SMILES string of the molecule is Cc1c(C(CC(C)(C)C)C(=O)O)c2c(F)c(O)c(F)cc2n1C(=O)c1ccc(Cl)c(Cl)c1. The first-order valence-corrected chi connectivity index (χ1v) is 10.4. The smallest absolute Gasteiger partial charge is 0.311 e. The molecule has 0 radical (unpaired) electrons. The molecule has 0 spiro atoms. The van der Waals surface area contributed by atoms with Gasteiger partial charge >= 0.3 is 5.97 Å². The summed E-state index contributed by atoms with van der Waals surface area (Å²) in [6.45, 7) is 6.93. The number of carbonyl (C=O) groups is 2. The van der Waals surface area contributed by atoms with Crippen LogP contribution in [0.25, 0.3) is 10.9 Å². The number of phenolic OH excluding ortho intramolecular Hbond substituents is 1. The van der Waals surface area contributed by atoms with Crippen molar-refractivity contribution in [1.82, 2.24) is 4.57 Å². The van der Waals surface area contributed by atoms with E-state index in [4.69, 9.17) is 23.2 Å². The van der Waals surface area contributed by atoms with Crippen LogP contribution in [0.3, 0.4) is 0 Å². The molecule has 0 saturated heterocycles. The molecule has 1 heterocycles. The number of phenols is 1. The van der Waals surface area contributed by atoms with Crippen molar-refractivity contribution in [2.24, 2.45) is 5.41 Å². The molecular weight excluding hydrogens is 463 g/mol. The second-order valence-electron chi connectivity index (χ2n) is 8.84. The van der Waals surface area contributed by atoms with E-state index >= 15 is 4.39 Å². The fourth-order valence-electron chi connectivity index (χ4n) is 3.88. The van der Waals surface area contributed by atoms with Crippen LogP contribution in [0.15, 0.2) is 24.3 Å². The number of rotatable bonds is 4. The van der Waals surface area contributed by atoms with Gasteiger partial charge in [-0.05, 0) is 42.5 Å². The van der Waals surface area contributed by atoms with Gasteiger partial charge in [0.2, 0.25) is 0 Å².